The predicted molar refractivity (Wildman–Crippen MR) is 121 cm³/mol. The zero-order chi connectivity index (χ0) is 24.4. The van der Waals surface area contributed by atoms with Gasteiger partial charge in [-0.2, -0.15) is 13.2 Å². The second kappa shape index (κ2) is 9.24. The standard InChI is InChI=1S/C23H22F3N3O3S/c1-4-18-19(12-15-5-8-17(32-3)9-6-15)14(2)11-20(33(27,30)31)22(18)29-21-10-7-16(13-28-21)23(24,25)26/h4-11,13H,1,12H2,2-3H3,(H,28,29)(H2,27,30,31). The molecule has 0 unspecified atom stereocenters. The van der Waals surface area contributed by atoms with Crippen molar-refractivity contribution in [2.45, 2.75) is 24.4 Å². The van der Waals surface area contributed by atoms with Gasteiger partial charge in [-0.05, 0) is 60.4 Å². The van der Waals surface area contributed by atoms with Crippen molar-refractivity contribution in [1.82, 2.24) is 4.98 Å². The van der Waals surface area contributed by atoms with Gasteiger partial charge in [-0.15, -0.1) is 0 Å². The van der Waals surface area contributed by atoms with E-state index in [1.807, 2.05) is 24.3 Å². The minimum absolute atomic E-state index is 0.0234. The number of nitrogens with zero attached hydrogens (tertiary/aromatic N) is 1. The first kappa shape index (κ1) is 24.3. The maximum absolute atomic E-state index is 12.9. The highest BCUT2D eigenvalue weighted by Gasteiger charge is 2.31. The van der Waals surface area contributed by atoms with Gasteiger partial charge in [-0.3, -0.25) is 0 Å². The minimum atomic E-state index is -4.54. The Labute approximate surface area is 190 Å². The number of hydrogen-bond acceptors (Lipinski definition) is 5. The monoisotopic (exact) mass is 477 g/mol. The Hall–Kier alpha value is -3.37. The molecule has 2 aromatic carbocycles. The molecule has 0 saturated carbocycles. The average molecular weight is 478 g/mol. The second-order valence-electron chi connectivity index (χ2n) is 7.29. The maximum Gasteiger partial charge on any atom is 0.417 e. The smallest absolute Gasteiger partial charge is 0.417 e. The number of ether oxygens (including phenoxy) is 1. The van der Waals surface area contributed by atoms with Crippen LogP contribution >= 0.6 is 0 Å². The number of alkyl halides is 3. The fraction of sp³-hybridized carbons (Fsp3) is 0.174. The van der Waals surface area contributed by atoms with Crippen molar-refractivity contribution in [2.24, 2.45) is 5.14 Å². The number of sulfonamides is 1. The molecule has 0 fully saturated rings. The topological polar surface area (TPSA) is 94.3 Å². The van der Waals surface area contributed by atoms with Gasteiger partial charge in [0.15, 0.2) is 0 Å². The molecule has 0 aliphatic heterocycles. The van der Waals surface area contributed by atoms with Gasteiger partial charge in [0.05, 0.1) is 18.4 Å². The van der Waals surface area contributed by atoms with Crippen LogP contribution in [0.2, 0.25) is 0 Å². The van der Waals surface area contributed by atoms with Gasteiger partial charge in [-0.1, -0.05) is 24.8 Å². The fourth-order valence-electron chi connectivity index (χ4n) is 3.38. The van der Waals surface area contributed by atoms with E-state index in [2.05, 4.69) is 16.9 Å². The van der Waals surface area contributed by atoms with Crippen LogP contribution in [0.25, 0.3) is 6.08 Å². The summed E-state index contributed by atoms with van der Waals surface area (Å²) in [7, 11) is -2.61. The quantitative estimate of drug-likeness (QED) is 0.497. The number of anilines is 2. The number of primary sulfonamides is 1. The Kier molecular flexibility index (Phi) is 6.80. The highest BCUT2D eigenvalue weighted by Crippen LogP contribution is 2.35. The Morgan fingerprint density at radius 1 is 1.18 bits per heavy atom. The van der Waals surface area contributed by atoms with Gasteiger partial charge in [-0.25, -0.2) is 18.5 Å². The molecule has 3 rings (SSSR count). The second-order valence-corrected chi connectivity index (χ2v) is 8.82. The van der Waals surface area contributed by atoms with E-state index in [0.29, 0.717) is 29.5 Å². The van der Waals surface area contributed by atoms with Gasteiger partial charge in [0, 0.05) is 11.8 Å². The van der Waals surface area contributed by atoms with Gasteiger partial charge >= 0.3 is 6.18 Å². The van der Waals surface area contributed by atoms with Crippen LogP contribution < -0.4 is 15.2 Å². The zero-order valence-electron chi connectivity index (χ0n) is 17.9. The number of rotatable bonds is 7. The summed E-state index contributed by atoms with van der Waals surface area (Å²) in [4.78, 5) is 3.57. The first-order valence-corrected chi connectivity index (χ1v) is 11.2. The summed E-state index contributed by atoms with van der Waals surface area (Å²) in [6, 6.07) is 10.8. The first-order valence-electron chi connectivity index (χ1n) is 9.69. The molecular formula is C23H22F3N3O3S. The number of aromatic nitrogens is 1. The Bertz CT molecular complexity index is 1270. The maximum atomic E-state index is 12.9. The van der Waals surface area contributed by atoms with Crippen molar-refractivity contribution in [2.75, 3.05) is 12.4 Å². The third-order valence-corrected chi connectivity index (χ3v) is 5.99. The van der Waals surface area contributed by atoms with E-state index >= 15 is 0 Å². The summed E-state index contributed by atoms with van der Waals surface area (Å²) in [5.74, 6) is 0.718. The molecule has 1 aromatic heterocycles. The lowest BCUT2D eigenvalue weighted by molar-refractivity contribution is -0.137. The summed E-state index contributed by atoms with van der Waals surface area (Å²) in [5, 5.41) is 8.25. The van der Waals surface area contributed by atoms with E-state index < -0.39 is 21.8 Å². The van der Waals surface area contributed by atoms with Crippen LogP contribution in [0.15, 0.2) is 60.1 Å². The largest absolute Gasteiger partial charge is 0.497 e. The lowest BCUT2D eigenvalue weighted by atomic mass is 9.93. The van der Waals surface area contributed by atoms with Gasteiger partial charge in [0.25, 0.3) is 0 Å². The minimum Gasteiger partial charge on any atom is -0.497 e. The fourth-order valence-corrected chi connectivity index (χ4v) is 4.16. The number of pyridine rings is 1. The molecule has 3 N–H and O–H groups in total. The van der Waals surface area contributed by atoms with Crippen LogP contribution in [-0.2, 0) is 22.6 Å². The molecule has 6 nitrogen and oxygen atoms in total. The van der Waals surface area contributed by atoms with E-state index in [4.69, 9.17) is 9.88 Å². The Morgan fingerprint density at radius 2 is 1.85 bits per heavy atom. The number of halogens is 3. The molecule has 0 bridgehead atoms. The van der Waals surface area contributed by atoms with Crippen molar-refractivity contribution in [3.63, 3.8) is 0 Å². The van der Waals surface area contributed by atoms with Crippen molar-refractivity contribution in [1.29, 1.82) is 0 Å². The van der Waals surface area contributed by atoms with E-state index in [0.717, 1.165) is 23.3 Å². The summed E-state index contributed by atoms with van der Waals surface area (Å²) in [6.45, 7) is 5.56. The number of nitrogens with two attached hydrogens (primary N) is 1. The van der Waals surface area contributed by atoms with Crippen LogP contribution in [0.1, 0.15) is 27.8 Å². The molecule has 0 atom stereocenters. The zero-order valence-corrected chi connectivity index (χ0v) is 18.7. The summed E-state index contributed by atoms with van der Waals surface area (Å²) < 4.78 is 68.4. The molecule has 0 aliphatic carbocycles. The van der Waals surface area contributed by atoms with Crippen molar-refractivity contribution >= 4 is 27.6 Å². The third kappa shape index (κ3) is 5.52. The highest BCUT2D eigenvalue weighted by atomic mass is 32.2. The van der Waals surface area contributed by atoms with E-state index in [1.54, 1.807) is 14.0 Å². The van der Waals surface area contributed by atoms with Gasteiger partial charge < -0.3 is 10.1 Å². The molecule has 0 spiro atoms. The Morgan fingerprint density at radius 3 is 2.33 bits per heavy atom. The number of methoxy groups -OCH3 is 1. The number of benzene rings is 2. The molecule has 0 radical (unpaired) electrons. The number of aryl methyl sites for hydroxylation is 1. The van der Waals surface area contributed by atoms with Gasteiger partial charge in [0.1, 0.15) is 16.5 Å². The molecule has 0 amide bonds. The summed E-state index contributed by atoms with van der Waals surface area (Å²) in [5.41, 5.74) is 2.00. The van der Waals surface area contributed by atoms with E-state index in [1.165, 1.54) is 12.1 Å². The Balaban J connectivity index is 2.11. The van der Waals surface area contributed by atoms with Crippen molar-refractivity contribution in [3.8, 4) is 5.75 Å². The third-order valence-electron chi connectivity index (χ3n) is 5.06. The molecule has 10 heteroatoms. The normalized spacial score (nSPS) is 11.8. The van der Waals surface area contributed by atoms with Crippen LogP contribution in [0.5, 0.6) is 5.75 Å². The van der Waals surface area contributed by atoms with Crippen molar-refractivity contribution < 1.29 is 26.3 Å². The van der Waals surface area contributed by atoms with E-state index in [-0.39, 0.29) is 16.4 Å². The molecule has 33 heavy (non-hydrogen) atoms. The lowest BCUT2D eigenvalue weighted by Crippen LogP contribution is -2.17. The molecule has 174 valence electrons. The average Bonchev–Trinajstić information content (AvgIpc) is 2.75. The van der Waals surface area contributed by atoms with Crippen LogP contribution in [-0.4, -0.2) is 20.5 Å². The molecule has 0 aliphatic rings. The molecule has 1 heterocycles. The van der Waals surface area contributed by atoms with Gasteiger partial charge in [0.2, 0.25) is 10.0 Å². The van der Waals surface area contributed by atoms with E-state index in [9.17, 15) is 21.6 Å². The van der Waals surface area contributed by atoms with Crippen LogP contribution in [0.4, 0.5) is 24.7 Å². The first-order chi connectivity index (χ1) is 15.4. The van der Waals surface area contributed by atoms with Crippen LogP contribution in [0.3, 0.4) is 0 Å². The number of hydrogen-bond donors (Lipinski definition) is 2. The SMILES string of the molecule is C=Cc1c(Cc2ccc(OC)cc2)c(C)cc(S(N)(=O)=O)c1Nc1ccc(C(F)(F)F)cn1. The highest BCUT2D eigenvalue weighted by molar-refractivity contribution is 7.89. The summed E-state index contributed by atoms with van der Waals surface area (Å²) in [6.07, 6.45) is -1.96. The lowest BCUT2D eigenvalue weighted by Gasteiger charge is -2.20. The molecule has 3 aromatic rings. The number of nitrogens with one attached hydrogen (secondary N) is 1. The summed E-state index contributed by atoms with van der Waals surface area (Å²) >= 11 is 0. The molecule has 0 saturated heterocycles. The molecular weight excluding hydrogens is 455 g/mol. The van der Waals surface area contributed by atoms with Crippen LogP contribution in [0, 0.1) is 6.92 Å². The van der Waals surface area contributed by atoms with Crippen molar-refractivity contribution in [3.05, 3.63) is 83.1 Å². The predicted octanol–water partition coefficient (Wildman–Crippen LogP) is 5.04.